The fourth-order valence-corrected chi connectivity index (χ4v) is 3.80. The number of carbonyl (C=O) groups is 1. The lowest BCUT2D eigenvalue weighted by Crippen LogP contribution is -2.39. The van der Waals surface area contributed by atoms with Crippen molar-refractivity contribution in [1.29, 1.82) is 0 Å². The van der Waals surface area contributed by atoms with Crippen LogP contribution in [0.25, 0.3) is 0 Å². The first-order chi connectivity index (χ1) is 11.7. The summed E-state index contributed by atoms with van der Waals surface area (Å²) in [6.45, 7) is 2.69. The van der Waals surface area contributed by atoms with E-state index in [2.05, 4.69) is 17.0 Å². The summed E-state index contributed by atoms with van der Waals surface area (Å²) in [7, 11) is 1.70. The second-order valence-corrected chi connectivity index (χ2v) is 7.05. The van der Waals surface area contributed by atoms with Gasteiger partial charge in [-0.25, -0.2) is 0 Å². The summed E-state index contributed by atoms with van der Waals surface area (Å²) < 4.78 is 10.8. The van der Waals surface area contributed by atoms with E-state index in [9.17, 15) is 4.79 Å². The number of hydrogen-bond acceptors (Lipinski definition) is 3. The van der Waals surface area contributed by atoms with Gasteiger partial charge in [0.15, 0.2) is 0 Å². The number of ether oxygens (including phenoxy) is 2. The molecule has 2 heterocycles. The molecular weight excluding hydrogens is 302 g/mol. The molecule has 0 spiro atoms. The highest BCUT2D eigenvalue weighted by atomic mass is 16.5. The van der Waals surface area contributed by atoms with E-state index in [1.54, 1.807) is 7.11 Å². The molecule has 2 aliphatic rings. The molecule has 2 saturated heterocycles. The predicted molar refractivity (Wildman–Crippen MR) is 94.2 cm³/mol. The smallest absolute Gasteiger partial charge is 0.222 e. The zero-order chi connectivity index (χ0) is 16.8. The number of benzene rings is 1. The molecule has 1 atom stereocenters. The van der Waals surface area contributed by atoms with Crippen LogP contribution in [0.5, 0.6) is 5.75 Å². The third-order valence-electron chi connectivity index (χ3n) is 5.35. The molecule has 24 heavy (non-hydrogen) atoms. The zero-order valence-corrected chi connectivity index (χ0v) is 14.7. The Kier molecular flexibility index (Phi) is 6.13. The summed E-state index contributed by atoms with van der Waals surface area (Å²) >= 11 is 0. The van der Waals surface area contributed by atoms with Gasteiger partial charge in [0.05, 0.1) is 13.2 Å². The number of methoxy groups -OCH3 is 1. The van der Waals surface area contributed by atoms with Gasteiger partial charge >= 0.3 is 0 Å². The molecule has 3 rings (SSSR count). The Hall–Kier alpha value is -1.55. The van der Waals surface area contributed by atoms with Gasteiger partial charge in [-0.1, -0.05) is 12.1 Å². The highest BCUT2D eigenvalue weighted by molar-refractivity contribution is 5.76. The molecular formula is C20H29NO3. The van der Waals surface area contributed by atoms with Gasteiger partial charge in [0.25, 0.3) is 0 Å². The van der Waals surface area contributed by atoms with Crippen molar-refractivity contribution >= 4 is 5.91 Å². The molecule has 2 aliphatic heterocycles. The van der Waals surface area contributed by atoms with Gasteiger partial charge in [-0.2, -0.15) is 0 Å². The fraction of sp³-hybridized carbons (Fsp3) is 0.650. The fourth-order valence-electron chi connectivity index (χ4n) is 3.80. The third kappa shape index (κ3) is 4.73. The van der Waals surface area contributed by atoms with E-state index in [-0.39, 0.29) is 0 Å². The number of piperidine rings is 1. The average Bonchev–Trinajstić information content (AvgIpc) is 3.14. The van der Waals surface area contributed by atoms with E-state index in [0.717, 1.165) is 64.0 Å². The Morgan fingerprint density at radius 3 is 2.58 bits per heavy atom. The number of carbonyl (C=O) groups excluding carboxylic acids is 1. The van der Waals surface area contributed by atoms with Crippen LogP contribution in [-0.4, -0.2) is 43.7 Å². The van der Waals surface area contributed by atoms with Gasteiger partial charge in [-0.15, -0.1) is 0 Å². The van der Waals surface area contributed by atoms with Crippen LogP contribution >= 0.6 is 0 Å². The summed E-state index contributed by atoms with van der Waals surface area (Å²) in [5.74, 6) is 1.90. The minimum absolute atomic E-state index is 0.313. The quantitative estimate of drug-likeness (QED) is 0.801. The minimum atomic E-state index is 0.313. The van der Waals surface area contributed by atoms with Crippen molar-refractivity contribution in [1.82, 2.24) is 4.90 Å². The van der Waals surface area contributed by atoms with Crippen molar-refractivity contribution in [2.24, 2.45) is 5.92 Å². The van der Waals surface area contributed by atoms with Crippen molar-refractivity contribution in [3.8, 4) is 5.75 Å². The second kappa shape index (κ2) is 8.52. The Morgan fingerprint density at radius 2 is 1.96 bits per heavy atom. The Balaban J connectivity index is 1.38. The van der Waals surface area contributed by atoms with Crippen LogP contribution in [0, 0.1) is 5.92 Å². The maximum absolute atomic E-state index is 12.3. The summed E-state index contributed by atoms with van der Waals surface area (Å²) in [5, 5.41) is 0. The molecule has 0 N–H and O–H groups in total. The monoisotopic (exact) mass is 331 g/mol. The van der Waals surface area contributed by atoms with E-state index in [1.807, 2.05) is 12.1 Å². The van der Waals surface area contributed by atoms with Crippen molar-refractivity contribution in [2.45, 2.75) is 51.0 Å². The van der Waals surface area contributed by atoms with E-state index >= 15 is 0 Å². The number of likely N-dealkylation sites (tertiary alicyclic amines) is 1. The van der Waals surface area contributed by atoms with Crippen LogP contribution in [0.4, 0.5) is 0 Å². The van der Waals surface area contributed by atoms with Crippen LogP contribution in [0.2, 0.25) is 0 Å². The number of rotatable bonds is 6. The van der Waals surface area contributed by atoms with Crippen molar-refractivity contribution < 1.29 is 14.3 Å². The lowest BCUT2D eigenvalue weighted by Gasteiger charge is -2.32. The predicted octanol–water partition coefficient (Wildman–Crippen LogP) is 3.44. The second-order valence-electron chi connectivity index (χ2n) is 7.05. The topological polar surface area (TPSA) is 38.8 Å². The standard InChI is InChI=1S/C20H29NO3/c1-23-18-6-4-16(5-7-18)15-17-10-12-21(13-11-17)20(22)9-8-19-3-2-14-24-19/h4-7,17,19H,2-3,8-15H2,1H3/t19-/m1/s1. The van der Waals surface area contributed by atoms with Crippen molar-refractivity contribution in [2.75, 3.05) is 26.8 Å². The third-order valence-corrected chi connectivity index (χ3v) is 5.35. The normalized spacial score (nSPS) is 21.9. The molecule has 2 fully saturated rings. The van der Waals surface area contributed by atoms with Crippen molar-refractivity contribution in [3.05, 3.63) is 29.8 Å². The lowest BCUT2D eigenvalue weighted by molar-refractivity contribution is -0.133. The molecule has 1 aromatic carbocycles. The molecule has 0 unspecified atom stereocenters. The highest BCUT2D eigenvalue weighted by Gasteiger charge is 2.24. The van der Waals surface area contributed by atoms with E-state index in [4.69, 9.17) is 9.47 Å². The van der Waals surface area contributed by atoms with Crippen LogP contribution in [0.15, 0.2) is 24.3 Å². The van der Waals surface area contributed by atoms with Gasteiger partial charge in [-0.05, 0) is 62.1 Å². The van der Waals surface area contributed by atoms with E-state index < -0.39 is 0 Å². The summed E-state index contributed by atoms with van der Waals surface area (Å²) in [4.78, 5) is 14.4. The number of amides is 1. The van der Waals surface area contributed by atoms with Gasteiger partial charge < -0.3 is 14.4 Å². The molecule has 0 aromatic heterocycles. The molecule has 0 bridgehead atoms. The van der Waals surface area contributed by atoms with E-state index in [1.165, 1.54) is 5.56 Å². The highest BCUT2D eigenvalue weighted by Crippen LogP contribution is 2.24. The Morgan fingerprint density at radius 1 is 1.21 bits per heavy atom. The van der Waals surface area contributed by atoms with Crippen LogP contribution in [-0.2, 0) is 16.0 Å². The van der Waals surface area contributed by atoms with Gasteiger partial charge in [0.2, 0.25) is 5.91 Å². The summed E-state index contributed by atoms with van der Waals surface area (Å²) in [6.07, 6.45) is 7.45. The first kappa shape index (κ1) is 17.3. The van der Waals surface area contributed by atoms with Crippen molar-refractivity contribution in [3.63, 3.8) is 0 Å². The van der Waals surface area contributed by atoms with E-state index in [0.29, 0.717) is 24.3 Å². The largest absolute Gasteiger partial charge is 0.497 e. The number of nitrogens with zero attached hydrogens (tertiary/aromatic N) is 1. The van der Waals surface area contributed by atoms with Gasteiger partial charge in [-0.3, -0.25) is 4.79 Å². The van der Waals surface area contributed by atoms with Crippen LogP contribution < -0.4 is 4.74 Å². The molecule has 4 heteroatoms. The van der Waals surface area contributed by atoms with Gasteiger partial charge in [0, 0.05) is 26.1 Å². The molecule has 1 aromatic rings. The zero-order valence-electron chi connectivity index (χ0n) is 14.7. The van der Waals surface area contributed by atoms with Gasteiger partial charge in [0.1, 0.15) is 5.75 Å². The average molecular weight is 331 g/mol. The van der Waals surface area contributed by atoms with Crippen LogP contribution in [0.3, 0.4) is 0 Å². The number of hydrogen-bond donors (Lipinski definition) is 0. The Labute approximate surface area is 145 Å². The maximum atomic E-state index is 12.3. The lowest BCUT2D eigenvalue weighted by atomic mass is 9.90. The first-order valence-electron chi connectivity index (χ1n) is 9.27. The molecule has 0 saturated carbocycles. The molecule has 0 radical (unpaired) electrons. The first-order valence-corrected chi connectivity index (χ1v) is 9.27. The summed E-state index contributed by atoms with van der Waals surface area (Å²) in [5.41, 5.74) is 1.36. The SMILES string of the molecule is COc1ccc(CC2CCN(C(=O)CC[C@H]3CCCO3)CC2)cc1. The minimum Gasteiger partial charge on any atom is -0.497 e. The molecule has 1 amide bonds. The Bertz CT molecular complexity index is 514. The molecule has 132 valence electrons. The maximum Gasteiger partial charge on any atom is 0.222 e. The van der Waals surface area contributed by atoms with Crippen LogP contribution in [0.1, 0.15) is 44.1 Å². The summed E-state index contributed by atoms with van der Waals surface area (Å²) in [6, 6.07) is 8.36. The molecule has 0 aliphatic carbocycles. The molecule has 4 nitrogen and oxygen atoms in total.